The van der Waals surface area contributed by atoms with Gasteiger partial charge in [0.15, 0.2) is 0 Å². The molecule has 8 heteroatoms. The molecule has 1 aliphatic heterocycles. The average Bonchev–Trinajstić information content (AvgIpc) is 3.37. The van der Waals surface area contributed by atoms with Crippen molar-refractivity contribution in [1.29, 1.82) is 0 Å². The molecule has 7 nitrogen and oxygen atoms in total. The van der Waals surface area contributed by atoms with Crippen LogP contribution in [0.15, 0.2) is 77.2 Å². The Morgan fingerprint density at radius 1 is 0.886 bits per heavy atom. The molecule has 35 heavy (non-hydrogen) atoms. The fourth-order valence-corrected chi connectivity index (χ4v) is 5.12. The number of thiophene rings is 1. The lowest BCUT2D eigenvalue weighted by molar-refractivity contribution is -0.116. The van der Waals surface area contributed by atoms with E-state index < -0.39 is 0 Å². The number of fused-ring (bicyclic) bond motifs is 1. The monoisotopic (exact) mass is 487 g/mol. The van der Waals surface area contributed by atoms with Crippen LogP contribution >= 0.6 is 11.3 Å². The summed E-state index contributed by atoms with van der Waals surface area (Å²) in [5.74, 6) is -0.121. The Bertz CT molecular complexity index is 1330. The van der Waals surface area contributed by atoms with E-state index in [1.165, 1.54) is 33.4 Å². The van der Waals surface area contributed by atoms with Gasteiger partial charge in [-0.1, -0.05) is 42.5 Å². The molecule has 2 aromatic heterocycles. The number of benzene rings is 2. The van der Waals surface area contributed by atoms with Gasteiger partial charge in [0.05, 0.1) is 11.7 Å². The first-order chi connectivity index (χ1) is 17.1. The van der Waals surface area contributed by atoms with Crippen LogP contribution in [-0.4, -0.2) is 51.4 Å². The number of amides is 1. The van der Waals surface area contributed by atoms with E-state index >= 15 is 0 Å². The number of rotatable bonds is 8. The number of carbonyl (C=O) groups is 1. The van der Waals surface area contributed by atoms with Crippen LogP contribution in [0, 0.1) is 0 Å². The number of aryl methyl sites for hydroxylation is 1. The summed E-state index contributed by atoms with van der Waals surface area (Å²) >= 11 is 1.44. The van der Waals surface area contributed by atoms with Crippen LogP contribution in [-0.2, 0) is 24.4 Å². The minimum atomic E-state index is -0.121. The number of hydrogen-bond donors (Lipinski definition) is 1. The summed E-state index contributed by atoms with van der Waals surface area (Å²) in [6, 6.07) is 20.5. The van der Waals surface area contributed by atoms with Crippen LogP contribution in [0.4, 0.5) is 5.69 Å². The molecule has 0 atom stereocenters. The van der Waals surface area contributed by atoms with Crippen LogP contribution in [0.3, 0.4) is 0 Å². The van der Waals surface area contributed by atoms with Gasteiger partial charge >= 0.3 is 0 Å². The summed E-state index contributed by atoms with van der Waals surface area (Å²) in [6.45, 7) is 6.47. The molecule has 1 saturated heterocycles. The zero-order valence-electron chi connectivity index (χ0n) is 19.6. The van der Waals surface area contributed by atoms with Crippen molar-refractivity contribution in [2.45, 2.75) is 26.1 Å². The van der Waals surface area contributed by atoms with E-state index in [0.29, 0.717) is 11.9 Å². The van der Waals surface area contributed by atoms with Gasteiger partial charge < -0.3 is 5.32 Å². The molecule has 1 fully saturated rings. The second-order valence-electron chi connectivity index (χ2n) is 8.92. The predicted octanol–water partition coefficient (Wildman–Crippen LogP) is 3.80. The highest BCUT2D eigenvalue weighted by Crippen LogP contribution is 2.15. The quantitative estimate of drug-likeness (QED) is 0.409. The lowest BCUT2D eigenvalue weighted by atomic mass is 10.1. The number of piperazine rings is 1. The van der Waals surface area contributed by atoms with Crippen LogP contribution in [0.5, 0.6) is 0 Å². The van der Waals surface area contributed by atoms with Crippen molar-refractivity contribution in [2.24, 2.45) is 0 Å². The normalized spacial score (nSPS) is 14.9. The maximum atomic E-state index is 12.5. The van der Waals surface area contributed by atoms with E-state index in [1.54, 1.807) is 6.07 Å². The molecular formula is C27H29N5O2S. The first-order valence-electron chi connectivity index (χ1n) is 11.9. The maximum absolute atomic E-state index is 12.5. The van der Waals surface area contributed by atoms with E-state index in [1.807, 2.05) is 17.5 Å². The number of nitrogens with one attached hydrogen (secondary N) is 1. The Morgan fingerprint density at radius 3 is 2.23 bits per heavy atom. The van der Waals surface area contributed by atoms with Gasteiger partial charge in [-0.25, -0.2) is 4.98 Å². The third-order valence-electron chi connectivity index (χ3n) is 6.39. The number of hydrogen-bond acceptors (Lipinski definition) is 6. The van der Waals surface area contributed by atoms with Crippen molar-refractivity contribution in [3.63, 3.8) is 0 Å². The molecule has 4 aromatic rings. The molecule has 0 spiro atoms. The fraction of sp³-hybridized carbons (Fsp3) is 0.296. The molecule has 0 saturated carbocycles. The van der Waals surface area contributed by atoms with Crippen LogP contribution in [0.1, 0.15) is 17.5 Å². The third kappa shape index (κ3) is 6.03. The summed E-state index contributed by atoms with van der Waals surface area (Å²) in [7, 11) is 0. The zero-order chi connectivity index (χ0) is 24.0. The molecule has 180 valence electrons. The predicted molar refractivity (Wildman–Crippen MR) is 141 cm³/mol. The number of aromatic nitrogens is 2. The summed E-state index contributed by atoms with van der Waals surface area (Å²) in [5.41, 5.74) is 3.27. The van der Waals surface area contributed by atoms with Gasteiger partial charge in [-0.2, -0.15) is 0 Å². The number of carbonyl (C=O) groups excluding carboxylic acids is 1. The molecule has 0 bridgehead atoms. The molecule has 0 radical (unpaired) electrons. The van der Waals surface area contributed by atoms with E-state index in [2.05, 4.69) is 62.6 Å². The van der Waals surface area contributed by atoms with Crippen molar-refractivity contribution >= 4 is 33.1 Å². The van der Waals surface area contributed by atoms with Crippen molar-refractivity contribution in [1.82, 2.24) is 19.4 Å². The summed E-state index contributed by atoms with van der Waals surface area (Å²) in [5, 5.41) is 5.39. The molecule has 0 unspecified atom stereocenters. The van der Waals surface area contributed by atoms with E-state index in [4.69, 9.17) is 0 Å². The van der Waals surface area contributed by atoms with Crippen LogP contribution < -0.4 is 10.9 Å². The highest BCUT2D eigenvalue weighted by molar-refractivity contribution is 7.16. The minimum Gasteiger partial charge on any atom is -0.326 e. The lowest BCUT2D eigenvalue weighted by Crippen LogP contribution is -2.45. The lowest BCUT2D eigenvalue weighted by Gasteiger charge is -2.34. The minimum absolute atomic E-state index is 0.102. The topological polar surface area (TPSA) is 70.5 Å². The average molecular weight is 488 g/mol. The number of nitrogens with zero attached hydrogens (tertiary/aromatic N) is 4. The van der Waals surface area contributed by atoms with Crippen LogP contribution in [0.2, 0.25) is 0 Å². The van der Waals surface area contributed by atoms with Crippen molar-refractivity contribution in [3.05, 3.63) is 93.9 Å². The van der Waals surface area contributed by atoms with Gasteiger partial charge in [-0.15, -0.1) is 11.3 Å². The van der Waals surface area contributed by atoms with E-state index in [0.717, 1.165) is 49.8 Å². The Balaban J connectivity index is 1.07. The Kier molecular flexibility index (Phi) is 7.32. The highest BCUT2D eigenvalue weighted by atomic mass is 32.1. The van der Waals surface area contributed by atoms with Gasteiger partial charge in [-0.05, 0) is 34.7 Å². The van der Waals surface area contributed by atoms with E-state index in [9.17, 15) is 9.59 Å². The first-order valence-corrected chi connectivity index (χ1v) is 12.8. The summed E-state index contributed by atoms with van der Waals surface area (Å²) < 4.78 is 1.50. The highest BCUT2D eigenvalue weighted by Gasteiger charge is 2.17. The Labute approximate surface area is 208 Å². The van der Waals surface area contributed by atoms with Crippen molar-refractivity contribution in [3.8, 4) is 0 Å². The largest absolute Gasteiger partial charge is 0.326 e. The molecule has 0 aliphatic carbocycles. The standard InChI is InChI=1S/C27H29N5O2S/c33-25(10-12-32-20-28-26-24(27(32)34)11-17-35-26)29-23-8-6-22(7-9-23)19-31-15-13-30(14-16-31)18-21-4-2-1-3-5-21/h1-9,11,17,20H,10,12-16,18-19H2,(H,29,33). The third-order valence-corrected chi connectivity index (χ3v) is 7.21. The van der Waals surface area contributed by atoms with Crippen LogP contribution in [0.25, 0.3) is 10.2 Å². The summed E-state index contributed by atoms with van der Waals surface area (Å²) in [4.78, 5) is 34.9. The number of anilines is 1. The van der Waals surface area contributed by atoms with Crippen molar-refractivity contribution in [2.75, 3.05) is 31.5 Å². The molecule has 1 amide bonds. The maximum Gasteiger partial charge on any atom is 0.262 e. The molecule has 2 aromatic carbocycles. The zero-order valence-corrected chi connectivity index (χ0v) is 20.4. The molecule has 1 aliphatic rings. The first kappa shape index (κ1) is 23.4. The molecule has 5 rings (SSSR count). The van der Waals surface area contributed by atoms with Gasteiger partial charge in [0.25, 0.3) is 5.56 Å². The molecule has 3 heterocycles. The SMILES string of the molecule is O=C(CCn1cnc2sccc2c1=O)Nc1ccc(CN2CCN(Cc3ccccc3)CC2)cc1. The Morgan fingerprint density at radius 2 is 1.54 bits per heavy atom. The van der Waals surface area contributed by atoms with Gasteiger partial charge in [-0.3, -0.25) is 24.0 Å². The second kappa shape index (κ2) is 10.9. The van der Waals surface area contributed by atoms with Crippen molar-refractivity contribution < 1.29 is 4.79 Å². The fourth-order valence-electron chi connectivity index (χ4n) is 4.40. The molecular weight excluding hydrogens is 458 g/mol. The molecule has 1 N–H and O–H groups in total. The Hall–Kier alpha value is -3.33. The van der Waals surface area contributed by atoms with E-state index in [-0.39, 0.29) is 17.9 Å². The van der Waals surface area contributed by atoms with Gasteiger partial charge in [0.1, 0.15) is 4.83 Å². The second-order valence-corrected chi connectivity index (χ2v) is 9.81. The summed E-state index contributed by atoms with van der Waals surface area (Å²) in [6.07, 6.45) is 1.73. The van der Waals surface area contributed by atoms with Gasteiger partial charge in [0, 0.05) is 57.9 Å². The smallest absolute Gasteiger partial charge is 0.262 e. The van der Waals surface area contributed by atoms with Gasteiger partial charge in [0.2, 0.25) is 5.91 Å².